The number of hydrogen-bond acceptors (Lipinski definition) is 3. The number of anilines is 1. The number of rotatable bonds is 3. The number of alkyl halides is 3. The van der Waals surface area contributed by atoms with Gasteiger partial charge in [-0.1, -0.05) is 0 Å². The first kappa shape index (κ1) is 16.4. The molecule has 0 bridgehead atoms. The van der Waals surface area contributed by atoms with E-state index in [1.54, 1.807) is 6.92 Å². The summed E-state index contributed by atoms with van der Waals surface area (Å²) < 4.78 is 49.5. The maximum absolute atomic E-state index is 13.1. The largest absolute Gasteiger partial charge is 0.494 e. The number of hydrogen-bond donors (Lipinski definition) is 1. The number of carbonyl (C=O) groups excluding carboxylic acids is 1. The molecule has 1 aliphatic rings. The molecule has 2 rings (SSSR count). The molecule has 1 aromatic carbocycles. The number of amides is 2. The van der Waals surface area contributed by atoms with Crippen molar-refractivity contribution in [3.63, 3.8) is 0 Å². The number of morpholine rings is 1. The van der Waals surface area contributed by atoms with Gasteiger partial charge in [-0.2, -0.15) is 13.2 Å². The molecule has 0 saturated carbocycles. The third kappa shape index (κ3) is 4.03. The Bertz CT molecular complexity index is 529. The Morgan fingerprint density at radius 3 is 2.64 bits per heavy atom. The van der Waals surface area contributed by atoms with Crippen LogP contribution < -0.4 is 10.1 Å². The second kappa shape index (κ2) is 6.87. The highest BCUT2D eigenvalue weighted by Crippen LogP contribution is 2.37. The molecule has 122 valence electrons. The Morgan fingerprint density at radius 2 is 2.05 bits per heavy atom. The third-order valence-electron chi connectivity index (χ3n) is 3.15. The Labute approximate surface area is 126 Å². The molecule has 0 radical (unpaired) electrons. The van der Waals surface area contributed by atoms with Gasteiger partial charge in [0.15, 0.2) is 0 Å². The highest BCUT2D eigenvalue weighted by molar-refractivity contribution is 5.90. The summed E-state index contributed by atoms with van der Waals surface area (Å²) in [6.45, 7) is 3.40. The highest BCUT2D eigenvalue weighted by atomic mass is 19.4. The van der Waals surface area contributed by atoms with Crippen molar-refractivity contribution in [2.45, 2.75) is 13.1 Å². The van der Waals surface area contributed by atoms with Gasteiger partial charge in [0.1, 0.15) is 5.75 Å². The standard InChI is InChI=1S/C14H17F3N2O3/c1-2-22-10-3-4-12(11(9-10)14(15,16)17)18-13(20)19-5-7-21-8-6-19/h3-4,9H,2,5-8H2,1H3,(H,18,20). The van der Waals surface area contributed by atoms with Crippen molar-refractivity contribution in [1.29, 1.82) is 0 Å². The fourth-order valence-corrected chi connectivity index (χ4v) is 2.08. The summed E-state index contributed by atoms with van der Waals surface area (Å²) in [6.07, 6.45) is -4.58. The molecule has 2 amide bonds. The van der Waals surface area contributed by atoms with Crippen LogP contribution in [0.4, 0.5) is 23.7 Å². The number of urea groups is 1. The Hall–Kier alpha value is -1.96. The maximum atomic E-state index is 13.1. The second-order valence-electron chi connectivity index (χ2n) is 4.67. The van der Waals surface area contributed by atoms with Crippen LogP contribution in [0.5, 0.6) is 5.75 Å². The minimum Gasteiger partial charge on any atom is -0.494 e. The van der Waals surface area contributed by atoms with Gasteiger partial charge in [0, 0.05) is 13.1 Å². The Morgan fingerprint density at radius 1 is 1.36 bits per heavy atom. The van der Waals surface area contributed by atoms with Crippen LogP contribution in [0, 0.1) is 0 Å². The molecule has 0 aromatic heterocycles. The summed E-state index contributed by atoms with van der Waals surface area (Å²) in [7, 11) is 0. The van der Waals surface area contributed by atoms with Crippen molar-refractivity contribution < 1.29 is 27.4 Å². The molecular formula is C14H17F3N2O3. The van der Waals surface area contributed by atoms with E-state index in [9.17, 15) is 18.0 Å². The zero-order chi connectivity index (χ0) is 16.2. The molecule has 5 nitrogen and oxygen atoms in total. The molecule has 1 saturated heterocycles. The van der Waals surface area contributed by atoms with Crippen LogP contribution >= 0.6 is 0 Å². The summed E-state index contributed by atoms with van der Waals surface area (Å²) in [6, 6.07) is 2.91. The molecule has 1 aromatic rings. The Balaban J connectivity index is 2.20. The van der Waals surface area contributed by atoms with Crippen LogP contribution in [-0.4, -0.2) is 43.8 Å². The average Bonchev–Trinajstić information content (AvgIpc) is 2.49. The van der Waals surface area contributed by atoms with Crippen LogP contribution in [0.1, 0.15) is 12.5 Å². The summed E-state index contributed by atoms with van der Waals surface area (Å²) in [4.78, 5) is 13.4. The highest BCUT2D eigenvalue weighted by Gasteiger charge is 2.35. The lowest BCUT2D eigenvalue weighted by Crippen LogP contribution is -2.43. The predicted octanol–water partition coefficient (Wildman–Crippen LogP) is 2.97. The normalized spacial score (nSPS) is 15.5. The van der Waals surface area contributed by atoms with Gasteiger partial charge in [-0.05, 0) is 25.1 Å². The fraction of sp³-hybridized carbons (Fsp3) is 0.500. The van der Waals surface area contributed by atoms with Gasteiger partial charge in [-0.15, -0.1) is 0 Å². The first-order chi connectivity index (χ1) is 10.4. The van der Waals surface area contributed by atoms with E-state index in [1.165, 1.54) is 17.0 Å². The van der Waals surface area contributed by atoms with E-state index in [1.807, 2.05) is 0 Å². The summed E-state index contributed by atoms with van der Waals surface area (Å²) in [5.41, 5.74) is -1.22. The first-order valence-corrected chi connectivity index (χ1v) is 6.89. The minimum absolute atomic E-state index is 0.110. The monoisotopic (exact) mass is 318 g/mol. The SMILES string of the molecule is CCOc1ccc(NC(=O)N2CCOCC2)c(C(F)(F)F)c1. The number of carbonyl (C=O) groups is 1. The Kier molecular flexibility index (Phi) is 5.12. The van der Waals surface area contributed by atoms with Crippen LogP contribution in [0.25, 0.3) is 0 Å². The fourth-order valence-electron chi connectivity index (χ4n) is 2.08. The number of ether oxygens (including phenoxy) is 2. The van der Waals surface area contributed by atoms with Crippen LogP contribution in [-0.2, 0) is 10.9 Å². The van der Waals surface area contributed by atoms with Crippen LogP contribution in [0.15, 0.2) is 18.2 Å². The van der Waals surface area contributed by atoms with Gasteiger partial charge in [0.25, 0.3) is 0 Å². The van der Waals surface area contributed by atoms with Crippen molar-refractivity contribution in [1.82, 2.24) is 4.90 Å². The van der Waals surface area contributed by atoms with Gasteiger partial charge >= 0.3 is 12.2 Å². The van der Waals surface area contributed by atoms with Crippen molar-refractivity contribution >= 4 is 11.7 Å². The molecule has 8 heteroatoms. The van der Waals surface area contributed by atoms with Crippen molar-refractivity contribution in [3.8, 4) is 5.75 Å². The van der Waals surface area contributed by atoms with E-state index in [0.717, 1.165) is 6.07 Å². The quantitative estimate of drug-likeness (QED) is 0.932. The predicted molar refractivity (Wildman–Crippen MR) is 74.0 cm³/mol. The lowest BCUT2D eigenvalue weighted by Gasteiger charge is -2.27. The van der Waals surface area contributed by atoms with Crippen molar-refractivity contribution in [2.75, 3.05) is 38.2 Å². The molecular weight excluding hydrogens is 301 g/mol. The molecule has 0 unspecified atom stereocenters. The number of nitrogens with zero attached hydrogens (tertiary/aromatic N) is 1. The van der Waals surface area contributed by atoms with Gasteiger partial charge in [-0.25, -0.2) is 4.79 Å². The van der Waals surface area contributed by atoms with E-state index >= 15 is 0 Å². The molecule has 0 spiro atoms. The van der Waals surface area contributed by atoms with Gasteiger partial charge in [-0.3, -0.25) is 0 Å². The molecule has 1 N–H and O–H groups in total. The maximum Gasteiger partial charge on any atom is 0.418 e. The molecule has 1 heterocycles. The van der Waals surface area contributed by atoms with E-state index < -0.39 is 17.8 Å². The van der Waals surface area contributed by atoms with Crippen molar-refractivity contribution in [2.24, 2.45) is 0 Å². The lowest BCUT2D eigenvalue weighted by molar-refractivity contribution is -0.137. The van der Waals surface area contributed by atoms with E-state index in [-0.39, 0.29) is 18.0 Å². The van der Waals surface area contributed by atoms with E-state index in [2.05, 4.69) is 5.32 Å². The molecule has 0 aliphatic carbocycles. The molecule has 1 fully saturated rings. The minimum atomic E-state index is -4.58. The zero-order valence-electron chi connectivity index (χ0n) is 12.1. The lowest BCUT2D eigenvalue weighted by atomic mass is 10.1. The summed E-state index contributed by atoms with van der Waals surface area (Å²) >= 11 is 0. The van der Waals surface area contributed by atoms with Gasteiger partial charge in [0.05, 0.1) is 31.1 Å². The summed E-state index contributed by atoms with van der Waals surface area (Å²) in [5.74, 6) is 0.110. The van der Waals surface area contributed by atoms with Gasteiger partial charge < -0.3 is 19.7 Å². The summed E-state index contributed by atoms with van der Waals surface area (Å²) in [5, 5.41) is 2.31. The first-order valence-electron chi connectivity index (χ1n) is 6.89. The average molecular weight is 318 g/mol. The van der Waals surface area contributed by atoms with Gasteiger partial charge in [0.2, 0.25) is 0 Å². The molecule has 0 atom stereocenters. The molecule has 22 heavy (non-hydrogen) atoms. The van der Waals surface area contributed by atoms with E-state index in [4.69, 9.17) is 9.47 Å². The number of halogens is 3. The second-order valence-corrected chi connectivity index (χ2v) is 4.67. The number of benzene rings is 1. The third-order valence-corrected chi connectivity index (χ3v) is 3.15. The van der Waals surface area contributed by atoms with Crippen molar-refractivity contribution in [3.05, 3.63) is 23.8 Å². The van der Waals surface area contributed by atoms with Crippen LogP contribution in [0.2, 0.25) is 0 Å². The topological polar surface area (TPSA) is 50.8 Å². The zero-order valence-corrected chi connectivity index (χ0v) is 12.1. The van der Waals surface area contributed by atoms with Crippen LogP contribution in [0.3, 0.4) is 0 Å². The molecule has 1 aliphatic heterocycles. The van der Waals surface area contributed by atoms with E-state index in [0.29, 0.717) is 26.3 Å². The number of nitrogens with one attached hydrogen (secondary N) is 1. The smallest absolute Gasteiger partial charge is 0.418 e.